The van der Waals surface area contributed by atoms with Crippen molar-refractivity contribution in [2.45, 2.75) is 124 Å². The first-order valence-corrected chi connectivity index (χ1v) is 20.6. The fourth-order valence-corrected chi connectivity index (χ4v) is 8.31. The van der Waals surface area contributed by atoms with Crippen molar-refractivity contribution < 1.29 is 9.47 Å². The quantitative estimate of drug-likeness (QED) is 0.0831. The molecule has 7 aromatic rings. The van der Waals surface area contributed by atoms with Crippen LogP contribution in [0.25, 0.3) is 55.0 Å². The van der Waals surface area contributed by atoms with Crippen molar-refractivity contribution in [3.63, 3.8) is 0 Å². The predicted octanol–water partition coefficient (Wildman–Crippen LogP) is 14.3. The van der Waals surface area contributed by atoms with Gasteiger partial charge in [-0.1, -0.05) is 110 Å². The van der Waals surface area contributed by atoms with Gasteiger partial charge in [-0.25, -0.2) is 0 Å². The normalized spacial score (nSPS) is 13.0. The molecule has 0 N–H and O–H groups in total. The molecule has 276 valence electrons. The standard InChI is InChI=1S/C49H58N2O2/c1-6-11-14-23-43-48-42-22-16-18-25-46(42)50(35-26-30-39(31-27-35)52-37(9-4)19-12-7-2)47(48)34-44-41-21-15-17-24-45(41)51(49(43)44)36-28-32-40(33-29-36)53-38(10-5)20-13-8-3/h15-18,21-22,24-34,37-38H,6-14,19-20,23H2,1-5H3. The first-order chi connectivity index (χ1) is 26.1. The largest absolute Gasteiger partial charge is 0.490 e. The first kappa shape index (κ1) is 36.6. The topological polar surface area (TPSA) is 28.3 Å². The number of hydrogen-bond acceptors (Lipinski definition) is 2. The van der Waals surface area contributed by atoms with Crippen molar-refractivity contribution in [1.82, 2.24) is 9.13 Å². The van der Waals surface area contributed by atoms with E-state index in [2.05, 4.69) is 147 Å². The Morgan fingerprint density at radius 3 is 1.55 bits per heavy atom. The van der Waals surface area contributed by atoms with Crippen LogP contribution in [0.1, 0.15) is 111 Å². The van der Waals surface area contributed by atoms with E-state index < -0.39 is 0 Å². The Morgan fingerprint density at radius 2 is 1.00 bits per heavy atom. The Balaban J connectivity index is 1.41. The molecular formula is C49H58N2O2. The number of fused-ring (bicyclic) bond motifs is 6. The van der Waals surface area contributed by atoms with Gasteiger partial charge in [0.25, 0.3) is 0 Å². The van der Waals surface area contributed by atoms with E-state index in [1.807, 2.05) is 0 Å². The molecular weight excluding hydrogens is 649 g/mol. The summed E-state index contributed by atoms with van der Waals surface area (Å²) in [5.41, 5.74) is 8.82. The van der Waals surface area contributed by atoms with Crippen LogP contribution < -0.4 is 9.47 Å². The van der Waals surface area contributed by atoms with Gasteiger partial charge in [0.15, 0.2) is 0 Å². The molecule has 2 atom stereocenters. The molecule has 0 bridgehead atoms. The molecule has 0 saturated carbocycles. The van der Waals surface area contributed by atoms with Gasteiger partial charge in [-0.2, -0.15) is 0 Å². The van der Waals surface area contributed by atoms with Crippen molar-refractivity contribution >= 4 is 43.6 Å². The number of rotatable bonds is 18. The number of aryl methyl sites for hydroxylation is 1. The van der Waals surface area contributed by atoms with E-state index >= 15 is 0 Å². The summed E-state index contributed by atoms with van der Waals surface area (Å²) in [5, 5.41) is 5.25. The van der Waals surface area contributed by atoms with Gasteiger partial charge in [-0.15, -0.1) is 0 Å². The lowest BCUT2D eigenvalue weighted by Gasteiger charge is -2.18. The second-order valence-electron chi connectivity index (χ2n) is 14.9. The Labute approximate surface area is 316 Å². The minimum Gasteiger partial charge on any atom is -0.490 e. The molecule has 2 heterocycles. The summed E-state index contributed by atoms with van der Waals surface area (Å²) >= 11 is 0. The van der Waals surface area contributed by atoms with Crippen LogP contribution in [-0.4, -0.2) is 21.3 Å². The molecule has 0 amide bonds. The summed E-state index contributed by atoms with van der Waals surface area (Å²) in [6, 6.07) is 38.1. The van der Waals surface area contributed by atoms with Crippen LogP contribution in [-0.2, 0) is 6.42 Å². The molecule has 4 heteroatoms. The molecule has 0 fully saturated rings. The first-order valence-electron chi connectivity index (χ1n) is 20.6. The number of unbranched alkanes of at least 4 members (excludes halogenated alkanes) is 4. The molecule has 0 radical (unpaired) electrons. The van der Waals surface area contributed by atoms with E-state index in [1.54, 1.807) is 0 Å². The monoisotopic (exact) mass is 706 g/mol. The maximum atomic E-state index is 6.48. The highest BCUT2D eigenvalue weighted by atomic mass is 16.5. The molecule has 0 saturated heterocycles. The fraction of sp³-hybridized carbons (Fsp3) is 0.388. The molecule has 2 unspecified atom stereocenters. The number of hydrogen-bond donors (Lipinski definition) is 0. The van der Waals surface area contributed by atoms with Crippen LogP contribution in [0.15, 0.2) is 103 Å². The highest BCUT2D eigenvalue weighted by molar-refractivity contribution is 6.21. The van der Waals surface area contributed by atoms with Crippen LogP contribution in [0.5, 0.6) is 11.5 Å². The lowest BCUT2D eigenvalue weighted by atomic mass is 9.97. The Morgan fingerprint density at radius 1 is 0.491 bits per heavy atom. The fourth-order valence-electron chi connectivity index (χ4n) is 8.31. The van der Waals surface area contributed by atoms with Crippen molar-refractivity contribution in [2.24, 2.45) is 0 Å². The SMILES string of the molecule is CCCCCc1c2c3ccccc3n(-c3ccc(OC(CC)CCCC)cc3)c2cc2c3ccccc3n(-c3ccc(OC(CC)CCCC)cc3)c12. The maximum Gasteiger partial charge on any atom is 0.119 e. The van der Waals surface area contributed by atoms with Crippen LogP contribution in [0.2, 0.25) is 0 Å². The summed E-state index contributed by atoms with van der Waals surface area (Å²) in [5.74, 6) is 1.90. The van der Waals surface area contributed by atoms with Crippen LogP contribution in [0.4, 0.5) is 0 Å². The number of aromatic nitrogens is 2. The zero-order valence-electron chi connectivity index (χ0n) is 32.7. The number of ether oxygens (including phenoxy) is 2. The van der Waals surface area contributed by atoms with Crippen molar-refractivity contribution in [3.8, 4) is 22.9 Å². The molecule has 53 heavy (non-hydrogen) atoms. The maximum absolute atomic E-state index is 6.48. The minimum absolute atomic E-state index is 0.257. The van der Waals surface area contributed by atoms with E-state index in [9.17, 15) is 0 Å². The minimum atomic E-state index is 0.257. The predicted molar refractivity (Wildman–Crippen MR) is 227 cm³/mol. The Hall–Kier alpha value is -4.70. The van der Waals surface area contributed by atoms with Crippen molar-refractivity contribution in [2.75, 3.05) is 0 Å². The third-order valence-corrected chi connectivity index (χ3v) is 11.2. The number of nitrogens with zero attached hydrogens (tertiary/aromatic N) is 2. The van der Waals surface area contributed by atoms with E-state index in [1.165, 1.54) is 93.4 Å². The second-order valence-corrected chi connectivity index (χ2v) is 14.9. The third-order valence-electron chi connectivity index (χ3n) is 11.2. The summed E-state index contributed by atoms with van der Waals surface area (Å²) in [6.07, 6.45) is 14.1. The summed E-state index contributed by atoms with van der Waals surface area (Å²) < 4.78 is 17.9. The van der Waals surface area contributed by atoms with Crippen LogP contribution in [0.3, 0.4) is 0 Å². The van der Waals surface area contributed by atoms with E-state index in [0.717, 1.165) is 55.7 Å². The van der Waals surface area contributed by atoms with Crippen molar-refractivity contribution in [3.05, 3.63) is 109 Å². The van der Waals surface area contributed by atoms with Crippen molar-refractivity contribution in [1.29, 1.82) is 0 Å². The average Bonchev–Trinajstić information content (AvgIpc) is 3.71. The molecule has 0 aliphatic heterocycles. The van der Waals surface area contributed by atoms with E-state index in [0.29, 0.717) is 0 Å². The van der Waals surface area contributed by atoms with E-state index in [-0.39, 0.29) is 12.2 Å². The average molecular weight is 707 g/mol. The molecule has 7 rings (SSSR count). The Bertz CT molecular complexity index is 2250. The van der Waals surface area contributed by atoms with Gasteiger partial charge in [0.2, 0.25) is 0 Å². The smallest absolute Gasteiger partial charge is 0.119 e. The molecule has 5 aromatic carbocycles. The Kier molecular flexibility index (Phi) is 11.7. The van der Waals surface area contributed by atoms with Gasteiger partial charge in [0.05, 0.1) is 34.3 Å². The summed E-state index contributed by atoms with van der Waals surface area (Å²) in [4.78, 5) is 0. The van der Waals surface area contributed by atoms with Gasteiger partial charge < -0.3 is 18.6 Å². The molecule has 4 nitrogen and oxygen atoms in total. The van der Waals surface area contributed by atoms with Gasteiger partial charge >= 0.3 is 0 Å². The highest BCUT2D eigenvalue weighted by Gasteiger charge is 2.23. The molecule has 0 spiro atoms. The van der Waals surface area contributed by atoms with Crippen LogP contribution >= 0.6 is 0 Å². The molecule has 0 aliphatic carbocycles. The zero-order chi connectivity index (χ0) is 36.7. The third kappa shape index (κ3) is 7.43. The lowest BCUT2D eigenvalue weighted by molar-refractivity contribution is 0.183. The molecule has 2 aromatic heterocycles. The summed E-state index contributed by atoms with van der Waals surface area (Å²) in [6.45, 7) is 11.2. The zero-order valence-corrected chi connectivity index (χ0v) is 32.7. The van der Waals surface area contributed by atoms with E-state index in [4.69, 9.17) is 9.47 Å². The number of para-hydroxylation sites is 2. The van der Waals surface area contributed by atoms with Gasteiger partial charge in [-0.05, 0) is 111 Å². The van der Waals surface area contributed by atoms with Crippen LogP contribution in [0, 0.1) is 0 Å². The van der Waals surface area contributed by atoms with Gasteiger partial charge in [0.1, 0.15) is 11.5 Å². The second kappa shape index (κ2) is 17.0. The molecule has 0 aliphatic rings. The summed E-state index contributed by atoms with van der Waals surface area (Å²) in [7, 11) is 0. The number of benzene rings is 5. The van der Waals surface area contributed by atoms with Gasteiger partial charge in [0, 0.05) is 32.9 Å². The highest BCUT2D eigenvalue weighted by Crippen LogP contribution is 2.43. The lowest BCUT2D eigenvalue weighted by Crippen LogP contribution is -2.15. The van der Waals surface area contributed by atoms with Gasteiger partial charge in [-0.3, -0.25) is 0 Å².